The predicted octanol–water partition coefficient (Wildman–Crippen LogP) is 1.03. The third kappa shape index (κ3) is 2.56. The fourth-order valence-electron chi connectivity index (χ4n) is 2.92. The smallest absolute Gasteiger partial charge is 0.245 e. The third-order valence-electron chi connectivity index (χ3n) is 4.05. The van der Waals surface area contributed by atoms with Gasteiger partial charge < -0.3 is 10.6 Å². The lowest BCUT2D eigenvalue weighted by atomic mass is 10.2. The number of piperazine rings is 1. The van der Waals surface area contributed by atoms with E-state index in [4.69, 9.17) is 5.73 Å². The molecule has 1 unspecified atom stereocenters. The molecule has 6 nitrogen and oxygen atoms in total. The van der Waals surface area contributed by atoms with Crippen LogP contribution in [0.3, 0.4) is 0 Å². The number of nitrogen functional groups attached to an aromatic ring is 1. The van der Waals surface area contributed by atoms with Crippen LogP contribution in [0.25, 0.3) is 0 Å². The molecule has 2 N–H and O–H groups in total. The van der Waals surface area contributed by atoms with Crippen molar-refractivity contribution in [3.05, 3.63) is 22.7 Å². The normalized spacial score (nSPS) is 23.4. The van der Waals surface area contributed by atoms with E-state index < -0.39 is 10.0 Å². The van der Waals surface area contributed by atoms with Gasteiger partial charge >= 0.3 is 0 Å². The predicted molar refractivity (Wildman–Crippen MR) is 82.0 cm³/mol. The average Bonchev–Trinajstić information content (AvgIpc) is 2.82. The number of nitrogens with two attached hydrogens (primary N) is 1. The Labute approximate surface area is 132 Å². The molecule has 1 aromatic carbocycles. The summed E-state index contributed by atoms with van der Waals surface area (Å²) in [4.78, 5) is 13.6. The molecule has 114 valence electrons. The van der Waals surface area contributed by atoms with Crippen LogP contribution in [0.1, 0.15) is 12.8 Å². The highest BCUT2D eigenvalue weighted by Crippen LogP contribution is 2.30. The first-order valence-corrected chi connectivity index (χ1v) is 8.97. The molecule has 2 heterocycles. The standard InChI is InChI=1S/C13H16BrN3O3S/c14-9-1-3-11(15)12(7-9)21(19,20)16-5-6-17-10(8-16)2-4-13(17)18/h1,3,7,10H,2,4-6,8,15H2. The largest absolute Gasteiger partial charge is 0.398 e. The van der Waals surface area contributed by atoms with E-state index in [1.807, 2.05) is 0 Å². The van der Waals surface area contributed by atoms with E-state index in [0.29, 0.717) is 30.5 Å². The van der Waals surface area contributed by atoms with Gasteiger partial charge in [-0.25, -0.2) is 8.42 Å². The summed E-state index contributed by atoms with van der Waals surface area (Å²) >= 11 is 3.27. The van der Waals surface area contributed by atoms with Gasteiger partial charge in [-0.1, -0.05) is 15.9 Å². The van der Waals surface area contributed by atoms with Gasteiger partial charge in [0.15, 0.2) is 0 Å². The summed E-state index contributed by atoms with van der Waals surface area (Å²) < 4.78 is 27.6. The van der Waals surface area contributed by atoms with Crippen LogP contribution in [0.4, 0.5) is 5.69 Å². The summed E-state index contributed by atoms with van der Waals surface area (Å²) in [5.74, 6) is 0.124. The highest BCUT2D eigenvalue weighted by molar-refractivity contribution is 9.10. The zero-order valence-corrected chi connectivity index (χ0v) is 13.7. The van der Waals surface area contributed by atoms with Crippen molar-refractivity contribution >= 4 is 37.5 Å². The van der Waals surface area contributed by atoms with E-state index in [1.165, 1.54) is 10.4 Å². The second kappa shape index (κ2) is 5.26. The Balaban J connectivity index is 1.89. The lowest BCUT2D eigenvalue weighted by Gasteiger charge is -2.36. The molecule has 0 spiro atoms. The van der Waals surface area contributed by atoms with Crippen molar-refractivity contribution in [2.24, 2.45) is 0 Å². The molecule has 8 heteroatoms. The van der Waals surface area contributed by atoms with Crippen LogP contribution in [0.15, 0.2) is 27.6 Å². The van der Waals surface area contributed by atoms with Gasteiger partial charge in [0, 0.05) is 36.6 Å². The van der Waals surface area contributed by atoms with Crippen LogP contribution in [0.5, 0.6) is 0 Å². The topological polar surface area (TPSA) is 83.7 Å². The van der Waals surface area contributed by atoms with Gasteiger partial charge in [-0.2, -0.15) is 4.31 Å². The Hall–Kier alpha value is -1.12. The van der Waals surface area contributed by atoms with Gasteiger partial charge in [0.05, 0.1) is 5.69 Å². The molecule has 0 radical (unpaired) electrons. The minimum Gasteiger partial charge on any atom is -0.398 e. The summed E-state index contributed by atoms with van der Waals surface area (Å²) in [6.07, 6.45) is 1.23. The molecular formula is C13H16BrN3O3S. The molecule has 1 atom stereocenters. The molecular weight excluding hydrogens is 358 g/mol. The second-order valence-corrected chi connectivity index (χ2v) is 8.15. The molecule has 2 saturated heterocycles. The molecule has 1 aromatic rings. The fourth-order valence-corrected chi connectivity index (χ4v) is 5.05. The minimum absolute atomic E-state index is 0.00518. The highest BCUT2D eigenvalue weighted by Gasteiger charge is 2.40. The molecule has 3 rings (SSSR count). The quantitative estimate of drug-likeness (QED) is 0.784. The molecule has 2 aliphatic rings. The van der Waals surface area contributed by atoms with Crippen molar-refractivity contribution in [1.82, 2.24) is 9.21 Å². The lowest BCUT2D eigenvalue weighted by Crippen LogP contribution is -2.53. The molecule has 1 amide bonds. The second-order valence-electron chi connectivity index (χ2n) is 5.32. The number of anilines is 1. The zero-order chi connectivity index (χ0) is 15.2. The Morgan fingerprint density at radius 2 is 2.05 bits per heavy atom. The van der Waals surface area contributed by atoms with E-state index in [-0.39, 0.29) is 22.5 Å². The first-order chi connectivity index (χ1) is 9.89. The summed E-state index contributed by atoms with van der Waals surface area (Å²) in [5.41, 5.74) is 6.06. The van der Waals surface area contributed by atoms with Crippen LogP contribution >= 0.6 is 15.9 Å². The van der Waals surface area contributed by atoms with Crippen LogP contribution < -0.4 is 5.73 Å². The van der Waals surface area contributed by atoms with Crippen molar-refractivity contribution in [1.29, 1.82) is 0 Å². The van der Waals surface area contributed by atoms with Crippen molar-refractivity contribution < 1.29 is 13.2 Å². The van der Waals surface area contributed by atoms with E-state index in [9.17, 15) is 13.2 Å². The van der Waals surface area contributed by atoms with Crippen LogP contribution in [0.2, 0.25) is 0 Å². The Kier molecular flexibility index (Phi) is 3.71. The Morgan fingerprint density at radius 3 is 2.81 bits per heavy atom. The number of hydrogen-bond donors (Lipinski definition) is 1. The number of nitrogens with zero attached hydrogens (tertiary/aromatic N) is 2. The SMILES string of the molecule is Nc1ccc(Br)cc1S(=O)(=O)N1CCN2C(=O)CCC2C1. The summed E-state index contributed by atoms with van der Waals surface area (Å²) in [5, 5.41) is 0. The number of carbonyl (C=O) groups is 1. The highest BCUT2D eigenvalue weighted by atomic mass is 79.9. The number of halogens is 1. The minimum atomic E-state index is -3.63. The molecule has 0 aromatic heterocycles. The van der Waals surface area contributed by atoms with Crippen LogP contribution in [-0.4, -0.2) is 49.2 Å². The fraction of sp³-hybridized carbons (Fsp3) is 0.462. The number of benzene rings is 1. The summed E-state index contributed by atoms with van der Waals surface area (Å²) in [6, 6.07) is 4.81. The van der Waals surface area contributed by atoms with Gasteiger partial charge in [-0.05, 0) is 24.6 Å². The third-order valence-corrected chi connectivity index (χ3v) is 6.46. The zero-order valence-electron chi connectivity index (χ0n) is 11.3. The number of carbonyl (C=O) groups excluding carboxylic acids is 1. The first kappa shape index (κ1) is 14.8. The van der Waals surface area contributed by atoms with Crippen molar-refractivity contribution in [3.8, 4) is 0 Å². The van der Waals surface area contributed by atoms with E-state index in [2.05, 4.69) is 15.9 Å². The van der Waals surface area contributed by atoms with E-state index in [0.717, 1.165) is 6.42 Å². The Morgan fingerprint density at radius 1 is 1.29 bits per heavy atom. The number of hydrogen-bond acceptors (Lipinski definition) is 4. The molecule has 0 aliphatic carbocycles. The first-order valence-electron chi connectivity index (χ1n) is 6.74. The van der Waals surface area contributed by atoms with Crippen molar-refractivity contribution in [2.45, 2.75) is 23.8 Å². The Bertz CT molecular complexity index is 692. The van der Waals surface area contributed by atoms with Gasteiger partial charge in [0.1, 0.15) is 4.90 Å². The monoisotopic (exact) mass is 373 g/mol. The van der Waals surface area contributed by atoms with Crippen LogP contribution in [-0.2, 0) is 14.8 Å². The maximum atomic E-state index is 12.8. The van der Waals surface area contributed by atoms with Crippen molar-refractivity contribution in [2.75, 3.05) is 25.4 Å². The maximum absolute atomic E-state index is 12.8. The van der Waals surface area contributed by atoms with Crippen molar-refractivity contribution in [3.63, 3.8) is 0 Å². The van der Waals surface area contributed by atoms with E-state index >= 15 is 0 Å². The number of fused-ring (bicyclic) bond motifs is 1. The number of amides is 1. The molecule has 2 fully saturated rings. The van der Waals surface area contributed by atoms with Gasteiger partial charge in [0.25, 0.3) is 0 Å². The molecule has 0 saturated carbocycles. The van der Waals surface area contributed by atoms with Gasteiger partial charge in [0.2, 0.25) is 15.9 Å². The van der Waals surface area contributed by atoms with E-state index in [1.54, 1.807) is 17.0 Å². The molecule has 2 aliphatic heterocycles. The number of rotatable bonds is 2. The summed E-state index contributed by atoms with van der Waals surface area (Å²) in [6.45, 7) is 1.12. The lowest BCUT2D eigenvalue weighted by molar-refractivity contribution is -0.130. The average molecular weight is 374 g/mol. The summed E-state index contributed by atoms with van der Waals surface area (Å²) in [7, 11) is -3.63. The maximum Gasteiger partial charge on any atom is 0.245 e. The van der Waals surface area contributed by atoms with Gasteiger partial charge in [-0.15, -0.1) is 0 Å². The van der Waals surface area contributed by atoms with Crippen LogP contribution in [0, 0.1) is 0 Å². The van der Waals surface area contributed by atoms with Gasteiger partial charge in [-0.3, -0.25) is 4.79 Å². The molecule has 0 bridgehead atoms. The number of sulfonamides is 1. The molecule has 21 heavy (non-hydrogen) atoms.